The lowest BCUT2D eigenvalue weighted by atomic mass is 10.0. The van der Waals surface area contributed by atoms with Crippen LogP contribution in [0.4, 0.5) is 5.00 Å². The van der Waals surface area contributed by atoms with Crippen LogP contribution in [0.3, 0.4) is 0 Å². The van der Waals surface area contributed by atoms with Gasteiger partial charge in [0.1, 0.15) is 10.6 Å². The summed E-state index contributed by atoms with van der Waals surface area (Å²) in [7, 11) is 0. The van der Waals surface area contributed by atoms with Crippen LogP contribution in [-0.2, 0) is 9.53 Å². The number of carbonyl (C=O) groups excluding carboxylic acids is 2. The van der Waals surface area contributed by atoms with Crippen LogP contribution in [-0.4, -0.2) is 25.3 Å². The number of esters is 1. The summed E-state index contributed by atoms with van der Waals surface area (Å²) in [6.07, 6.45) is 3.08. The molecule has 1 aromatic heterocycles. The molecule has 1 N–H and O–H groups in total. The highest BCUT2D eigenvalue weighted by molar-refractivity contribution is 7.15. The number of carbonyl (C=O) groups is 2. The first-order valence-corrected chi connectivity index (χ1v) is 10.3. The molecule has 0 saturated carbocycles. The van der Waals surface area contributed by atoms with Gasteiger partial charge in [0.25, 0.3) is 0 Å². The first kappa shape index (κ1) is 19.7. The van der Waals surface area contributed by atoms with Crippen LogP contribution in [0.5, 0.6) is 11.5 Å². The van der Waals surface area contributed by atoms with E-state index in [1.807, 2.05) is 41.8 Å². The minimum absolute atomic E-state index is 0.196. The van der Waals surface area contributed by atoms with Crippen LogP contribution in [0.25, 0.3) is 17.2 Å². The Hall–Kier alpha value is -3.58. The van der Waals surface area contributed by atoms with Gasteiger partial charge in [-0.15, -0.1) is 11.3 Å². The van der Waals surface area contributed by atoms with Gasteiger partial charge in [-0.1, -0.05) is 36.4 Å². The fourth-order valence-corrected chi connectivity index (χ4v) is 3.99. The number of hydrogen-bond acceptors (Lipinski definition) is 6. The van der Waals surface area contributed by atoms with Gasteiger partial charge in [-0.05, 0) is 36.3 Å². The van der Waals surface area contributed by atoms with Gasteiger partial charge in [-0.2, -0.15) is 0 Å². The summed E-state index contributed by atoms with van der Waals surface area (Å²) in [5, 5.41) is 5.10. The van der Waals surface area contributed by atoms with Crippen molar-refractivity contribution in [2.24, 2.45) is 0 Å². The summed E-state index contributed by atoms with van der Waals surface area (Å²) in [5.74, 6) is 0.517. The van der Waals surface area contributed by atoms with Crippen molar-refractivity contribution in [3.05, 3.63) is 71.1 Å². The average molecular weight is 421 g/mol. The number of amides is 1. The van der Waals surface area contributed by atoms with E-state index in [1.165, 1.54) is 17.4 Å². The minimum atomic E-state index is -0.465. The van der Waals surface area contributed by atoms with Gasteiger partial charge in [0, 0.05) is 17.0 Å². The topological polar surface area (TPSA) is 73.9 Å². The SMILES string of the molecule is CCOC(=O)c1c(-c2ccccc2)csc1NC(=O)/C=C/c1ccc2c(c1)OCO2. The normalized spacial score (nSPS) is 12.2. The Kier molecular flexibility index (Phi) is 5.81. The fourth-order valence-electron chi connectivity index (χ4n) is 3.03. The molecule has 0 radical (unpaired) electrons. The van der Waals surface area contributed by atoms with Crippen LogP contribution in [0.15, 0.2) is 60.0 Å². The smallest absolute Gasteiger partial charge is 0.341 e. The van der Waals surface area contributed by atoms with Crippen molar-refractivity contribution in [2.45, 2.75) is 6.92 Å². The number of nitrogens with one attached hydrogen (secondary N) is 1. The van der Waals surface area contributed by atoms with Gasteiger partial charge in [0.2, 0.25) is 12.7 Å². The molecule has 2 heterocycles. The average Bonchev–Trinajstić information content (AvgIpc) is 3.39. The molecule has 0 unspecified atom stereocenters. The monoisotopic (exact) mass is 421 g/mol. The van der Waals surface area contributed by atoms with Gasteiger partial charge < -0.3 is 19.5 Å². The Morgan fingerprint density at radius 1 is 1.13 bits per heavy atom. The quantitative estimate of drug-likeness (QED) is 0.449. The number of hydrogen-bond donors (Lipinski definition) is 1. The summed E-state index contributed by atoms with van der Waals surface area (Å²) < 4.78 is 15.8. The van der Waals surface area contributed by atoms with Crippen LogP contribution in [0, 0.1) is 0 Å². The van der Waals surface area contributed by atoms with Gasteiger partial charge in [-0.3, -0.25) is 4.79 Å². The molecule has 0 bridgehead atoms. The first-order chi connectivity index (χ1) is 14.7. The predicted octanol–water partition coefficient (Wildman–Crippen LogP) is 4.97. The Labute approximate surface area is 177 Å². The summed E-state index contributed by atoms with van der Waals surface area (Å²) in [6.45, 7) is 2.20. The number of benzene rings is 2. The molecule has 1 amide bonds. The Bertz CT molecular complexity index is 1100. The van der Waals surface area contributed by atoms with E-state index in [2.05, 4.69) is 5.32 Å². The lowest BCUT2D eigenvalue weighted by Gasteiger charge is -2.08. The summed E-state index contributed by atoms with van der Waals surface area (Å²) in [5.41, 5.74) is 2.77. The van der Waals surface area contributed by atoms with Crippen molar-refractivity contribution in [2.75, 3.05) is 18.7 Å². The Morgan fingerprint density at radius 3 is 2.73 bits per heavy atom. The third kappa shape index (κ3) is 4.21. The molecule has 152 valence electrons. The second-order valence-electron chi connectivity index (χ2n) is 6.38. The molecule has 6 nitrogen and oxygen atoms in total. The fraction of sp³-hybridized carbons (Fsp3) is 0.130. The van der Waals surface area contributed by atoms with Gasteiger partial charge in [0.05, 0.1) is 6.61 Å². The number of fused-ring (bicyclic) bond motifs is 1. The molecule has 0 aliphatic carbocycles. The molecular formula is C23H19NO5S. The van der Waals surface area contributed by atoms with Gasteiger partial charge >= 0.3 is 5.97 Å². The van der Waals surface area contributed by atoms with Crippen molar-refractivity contribution >= 4 is 34.3 Å². The van der Waals surface area contributed by atoms with E-state index in [9.17, 15) is 9.59 Å². The zero-order chi connectivity index (χ0) is 20.9. The molecule has 4 rings (SSSR count). The van der Waals surface area contributed by atoms with E-state index in [0.29, 0.717) is 22.1 Å². The van der Waals surface area contributed by atoms with Crippen LogP contribution in [0.1, 0.15) is 22.8 Å². The maximum absolute atomic E-state index is 12.6. The van der Waals surface area contributed by atoms with E-state index in [-0.39, 0.29) is 19.3 Å². The Balaban J connectivity index is 1.55. The lowest BCUT2D eigenvalue weighted by molar-refractivity contribution is -0.111. The molecule has 1 aliphatic rings. The highest BCUT2D eigenvalue weighted by atomic mass is 32.1. The summed E-state index contributed by atoms with van der Waals surface area (Å²) in [4.78, 5) is 25.1. The highest BCUT2D eigenvalue weighted by Crippen LogP contribution is 2.36. The molecule has 0 fully saturated rings. The van der Waals surface area contributed by atoms with E-state index in [1.54, 1.807) is 25.1 Å². The standard InChI is InChI=1S/C23H19NO5S/c1-2-27-23(26)21-17(16-6-4-3-5-7-16)13-30-22(21)24-20(25)11-9-15-8-10-18-19(12-15)29-14-28-18/h3-13H,2,14H2,1H3,(H,24,25)/b11-9+. The van der Waals surface area contributed by atoms with E-state index >= 15 is 0 Å². The van der Waals surface area contributed by atoms with E-state index in [4.69, 9.17) is 14.2 Å². The van der Waals surface area contributed by atoms with Crippen molar-refractivity contribution < 1.29 is 23.8 Å². The largest absolute Gasteiger partial charge is 0.462 e. The van der Waals surface area contributed by atoms with Gasteiger partial charge in [-0.25, -0.2) is 4.79 Å². The highest BCUT2D eigenvalue weighted by Gasteiger charge is 2.22. The van der Waals surface area contributed by atoms with Crippen LogP contribution < -0.4 is 14.8 Å². The molecule has 2 aromatic carbocycles. The molecule has 0 spiro atoms. The molecular weight excluding hydrogens is 402 g/mol. The Morgan fingerprint density at radius 2 is 1.93 bits per heavy atom. The third-order valence-corrected chi connectivity index (χ3v) is 5.31. The number of ether oxygens (including phenoxy) is 3. The van der Waals surface area contributed by atoms with E-state index < -0.39 is 5.97 Å². The molecule has 7 heteroatoms. The number of thiophene rings is 1. The third-order valence-electron chi connectivity index (χ3n) is 4.42. The van der Waals surface area contributed by atoms with Crippen molar-refractivity contribution in [1.82, 2.24) is 0 Å². The maximum Gasteiger partial charge on any atom is 0.341 e. The second-order valence-corrected chi connectivity index (χ2v) is 7.25. The van der Waals surface area contributed by atoms with Crippen molar-refractivity contribution in [3.8, 4) is 22.6 Å². The molecule has 3 aromatic rings. The maximum atomic E-state index is 12.6. The lowest BCUT2D eigenvalue weighted by Crippen LogP contribution is -2.12. The van der Waals surface area contributed by atoms with Crippen molar-refractivity contribution in [1.29, 1.82) is 0 Å². The molecule has 0 saturated heterocycles. The molecule has 30 heavy (non-hydrogen) atoms. The van der Waals surface area contributed by atoms with E-state index in [0.717, 1.165) is 16.7 Å². The first-order valence-electron chi connectivity index (χ1n) is 9.38. The van der Waals surface area contributed by atoms with Crippen molar-refractivity contribution in [3.63, 3.8) is 0 Å². The predicted molar refractivity (Wildman–Crippen MR) is 116 cm³/mol. The second kappa shape index (κ2) is 8.84. The van der Waals surface area contributed by atoms with Gasteiger partial charge in [0.15, 0.2) is 11.5 Å². The summed E-state index contributed by atoms with van der Waals surface area (Å²) >= 11 is 1.29. The number of rotatable bonds is 6. The zero-order valence-corrected chi connectivity index (χ0v) is 17.0. The minimum Gasteiger partial charge on any atom is -0.462 e. The number of anilines is 1. The van der Waals surface area contributed by atoms with Crippen LogP contribution >= 0.6 is 11.3 Å². The summed E-state index contributed by atoms with van der Waals surface area (Å²) in [6, 6.07) is 15.0. The van der Waals surface area contributed by atoms with Crippen LogP contribution in [0.2, 0.25) is 0 Å². The molecule has 0 atom stereocenters. The zero-order valence-electron chi connectivity index (χ0n) is 16.2. The molecule has 1 aliphatic heterocycles.